The van der Waals surface area contributed by atoms with Crippen LogP contribution >= 0.6 is 27.3 Å². The topological polar surface area (TPSA) is 53.4 Å². The Kier molecular flexibility index (Phi) is 5.14. The number of carboxylic acids is 1. The summed E-state index contributed by atoms with van der Waals surface area (Å²) in [5.74, 6) is -0.888. The van der Waals surface area contributed by atoms with Gasteiger partial charge in [0.05, 0.1) is 21.4 Å². The number of likely N-dealkylation sites (tertiary alicyclic amines) is 1. The normalized spacial score (nSPS) is 18.0. The van der Waals surface area contributed by atoms with E-state index in [2.05, 4.69) is 50.1 Å². The fourth-order valence-corrected chi connectivity index (χ4v) is 4.61. The van der Waals surface area contributed by atoms with Crippen molar-refractivity contribution in [2.75, 3.05) is 13.1 Å². The number of halogens is 1. The van der Waals surface area contributed by atoms with Crippen LogP contribution in [0, 0.1) is 12.8 Å². The molecule has 2 aromatic heterocycles. The van der Waals surface area contributed by atoms with Gasteiger partial charge in [-0.05, 0) is 72.5 Å². The van der Waals surface area contributed by atoms with Gasteiger partial charge in [-0.25, -0.2) is 0 Å². The molecule has 3 rings (SSSR count). The van der Waals surface area contributed by atoms with Gasteiger partial charge in [-0.2, -0.15) is 0 Å². The van der Waals surface area contributed by atoms with Crippen molar-refractivity contribution < 1.29 is 9.90 Å². The predicted octanol–water partition coefficient (Wildman–Crippen LogP) is 4.10. The molecule has 2 aromatic rings. The van der Waals surface area contributed by atoms with Crippen LogP contribution in [0.3, 0.4) is 0 Å². The number of nitrogens with zero attached hydrogens (tertiary/aromatic N) is 2. The number of pyridine rings is 1. The van der Waals surface area contributed by atoms with Crippen LogP contribution in [-0.4, -0.2) is 34.0 Å². The number of thiophene rings is 1. The van der Waals surface area contributed by atoms with Crippen LogP contribution in [-0.2, 0) is 4.79 Å². The van der Waals surface area contributed by atoms with Crippen molar-refractivity contribution in [2.24, 2.45) is 5.92 Å². The van der Waals surface area contributed by atoms with Crippen molar-refractivity contribution >= 4 is 33.2 Å². The van der Waals surface area contributed by atoms with Gasteiger partial charge in [0.25, 0.3) is 0 Å². The average Bonchev–Trinajstić information content (AvgIpc) is 2.96. The molecule has 0 saturated carbocycles. The van der Waals surface area contributed by atoms with Gasteiger partial charge in [0.2, 0.25) is 0 Å². The standard InChI is InChI=1S/C17H19BrN2O2S/c1-11-2-3-13(19-10-11)16(14-4-5-15(18)23-14)20-8-6-12(7-9-20)17(21)22/h2-5,10,12,16H,6-9H2,1H3,(H,21,22). The zero-order valence-corrected chi connectivity index (χ0v) is 15.3. The highest BCUT2D eigenvalue weighted by atomic mass is 79.9. The van der Waals surface area contributed by atoms with E-state index >= 15 is 0 Å². The van der Waals surface area contributed by atoms with Gasteiger partial charge < -0.3 is 5.11 Å². The van der Waals surface area contributed by atoms with Crippen LogP contribution in [0.4, 0.5) is 0 Å². The van der Waals surface area contributed by atoms with Crippen molar-refractivity contribution in [2.45, 2.75) is 25.8 Å². The lowest BCUT2D eigenvalue weighted by Crippen LogP contribution is -2.39. The van der Waals surface area contributed by atoms with Crippen molar-refractivity contribution in [1.82, 2.24) is 9.88 Å². The minimum absolute atomic E-state index is 0.0987. The Morgan fingerprint density at radius 1 is 1.35 bits per heavy atom. The molecule has 1 atom stereocenters. The predicted molar refractivity (Wildman–Crippen MR) is 94.8 cm³/mol. The molecule has 0 bridgehead atoms. The highest BCUT2D eigenvalue weighted by Gasteiger charge is 2.31. The lowest BCUT2D eigenvalue weighted by molar-refractivity contribution is -0.143. The van der Waals surface area contributed by atoms with Crippen LogP contribution in [0.25, 0.3) is 0 Å². The maximum Gasteiger partial charge on any atom is 0.306 e. The lowest BCUT2D eigenvalue weighted by Gasteiger charge is -2.35. The molecule has 1 fully saturated rings. The Morgan fingerprint density at radius 3 is 2.61 bits per heavy atom. The second-order valence-electron chi connectivity index (χ2n) is 5.95. The maximum atomic E-state index is 11.2. The Hall–Kier alpha value is -1.24. The summed E-state index contributed by atoms with van der Waals surface area (Å²) in [6.45, 7) is 3.60. The summed E-state index contributed by atoms with van der Waals surface area (Å²) in [6, 6.07) is 8.45. The number of aromatic nitrogens is 1. The molecule has 1 N–H and O–H groups in total. The summed E-state index contributed by atoms with van der Waals surface area (Å²) in [6.07, 6.45) is 3.30. The zero-order chi connectivity index (χ0) is 16.4. The molecular formula is C17H19BrN2O2S. The molecule has 0 spiro atoms. The van der Waals surface area contributed by atoms with Crippen molar-refractivity contribution in [3.63, 3.8) is 0 Å². The van der Waals surface area contributed by atoms with E-state index < -0.39 is 5.97 Å². The molecule has 0 amide bonds. The summed E-state index contributed by atoms with van der Waals surface area (Å²) >= 11 is 5.25. The third-order valence-electron chi connectivity index (χ3n) is 4.32. The number of aryl methyl sites for hydroxylation is 1. The van der Waals surface area contributed by atoms with Crippen molar-refractivity contribution in [1.29, 1.82) is 0 Å². The molecule has 1 aliphatic rings. The second kappa shape index (κ2) is 7.11. The molecule has 23 heavy (non-hydrogen) atoms. The molecule has 0 aliphatic carbocycles. The summed E-state index contributed by atoms with van der Waals surface area (Å²) in [4.78, 5) is 19.4. The van der Waals surface area contributed by atoms with Crippen LogP contribution < -0.4 is 0 Å². The van der Waals surface area contributed by atoms with Crippen molar-refractivity contribution in [3.05, 3.63) is 50.4 Å². The first kappa shape index (κ1) is 16.6. The molecule has 1 saturated heterocycles. The number of hydrogen-bond acceptors (Lipinski definition) is 4. The van der Waals surface area contributed by atoms with Gasteiger partial charge in [0.15, 0.2) is 0 Å². The van der Waals surface area contributed by atoms with Gasteiger partial charge in [0.1, 0.15) is 0 Å². The fraction of sp³-hybridized carbons (Fsp3) is 0.412. The quantitative estimate of drug-likeness (QED) is 0.847. The van der Waals surface area contributed by atoms with Gasteiger partial charge in [0, 0.05) is 11.1 Å². The number of hydrogen-bond donors (Lipinski definition) is 1. The number of aliphatic carboxylic acids is 1. The largest absolute Gasteiger partial charge is 0.481 e. The number of carbonyl (C=O) groups is 1. The minimum Gasteiger partial charge on any atom is -0.481 e. The zero-order valence-electron chi connectivity index (χ0n) is 12.9. The molecule has 6 heteroatoms. The maximum absolute atomic E-state index is 11.2. The molecule has 1 unspecified atom stereocenters. The molecule has 0 radical (unpaired) electrons. The third-order valence-corrected chi connectivity index (χ3v) is 6.00. The van der Waals surface area contributed by atoms with Gasteiger partial charge in [-0.3, -0.25) is 14.7 Å². The minimum atomic E-state index is -0.673. The van der Waals surface area contributed by atoms with E-state index in [9.17, 15) is 9.90 Å². The van der Waals surface area contributed by atoms with Crippen molar-refractivity contribution in [3.8, 4) is 0 Å². The summed E-state index contributed by atoms with van der Waals surface area (Å²) < 4.78 is 1.10. The van der Waals surface area contributed by atoms with Crippen LogP contribution in [0.1, 0.15) is 35.0 Å². The molecule has 3 heterocycles. The van der Waals surface area contributed by atoms with Crippen LogP contribution in [0.2, 0.25) is 0 Å². The van der Waals surface area contributed by atoms with E-state index in [-0.39, 0.29) is 12.0 Å². The highest BCUT2D eigenvalue weighted by Crippen LogP contribution is 2.36. The fourth-order valence-electron chi connectivity index (χ4n) is 3.03. The van der Waals surface area contributed by atoms with Gasteiger partial charge >= 0.3 is 5.97 Å². The third kappa shape index (κ3) is 3.82. The molecule has 122 valence electrons. The van der Waals surface area contributed by atoms with Gasteiger partial charge in [-0.15, -0.1) is 11.3 Å². The monoisotopic (exact) mass is 394 g/mol. The second-order valence-corrected chi connectivity index (χ2v) is 8.45. The van der Waals surface area contributed by atoms with E-state index in [0.29, 0.717) is 12.8 Å². The Balaban J connectivity index is 1.87. The van der Waals surface area contributed by atoms with E-state index in [1.54, 1.807) is 11.3 Å². The number of piperidine rings is 1. The smallest absolute Gasteiger partial charge is 0.306 e. The molecule has 1 aliphatic heterocycles. The summed E-state index contributed by atoms with van der Waals surface area (Å²) in [5.41, 5.74) is 2.17. The van der Waals surface area contributed by atoms with E-state index in [1.165, 1.54) is 4.88 Å². The Bertz CT molecular complexity index is 678. The first-order valence-corrected chi connectivity index (χ1v) is 9.30. The van der Waals surface area contributed by atoms with Crippen LogP contribution in [0.5, 0.6) is 0 Å². The molecular weight excluding hydrogens is 376 g/mol. The first-order chi connectivity index (χ1) is 11.0. The molecule has 4 nitrogen and oxygen atoms in total. The van der Waals surface area contributed by atoms with Crippen LogP contribution in [0.15, 0.2) is 34.2 Å². The average molecular weight is 395 g/mol. The first-order valence-electron chi connectivity index (χ1n) is 7.69. The lowest BCUT2D eigenvalue weighted by atomic mass is 9.95. The Labute approximate surface area is 148 Å². The Morgan fingerprint density at radius 2 is 2.09 bits per heavy atom. The summed E-state index contributed by atoms with van der Waals surface area (Å²) in [7, 11) is 0. The van der Waals surface area contributed by atoms with E-state index in [0.717, 1.165) is 28.1 Å². The van der Waals surface area contributed by atoms with Gasteiger partial charge in [-0.1, -0.05) is 6.07 Å². The SMILES string of the molecule is Cc1ccc(C(c2ccc(Br)s2)N2CCC(C(=O)O)CC2)nc1. The molecule has 0 aromatic carbocycles. The van der Waals surface area contributed by atoms with E-state index in [1.807, 2.05) is 13.1 Å². The number of carboxylic acid groups (broad SMARTS) is 1. The highest BCUT2D eigenvalue weighted by molar-refractivity contribution is 9.11. The number of rotatable bonds is 4. The summed E-state index contributed by atoms with van der Waals surface area (Å²) in [5, 5.41) is 9.20. The van der Waals surface area contributed by atoms with E-state index in [4.69, 9.17) is 0 Å².